The zero-order chi connectivity index (χ0) is 20.4. The van der Waals surface area contributed by atoms with Crippen LogP contribution in [0.5, 0.6) is 5.75 Å². The number of aromatic nitrogens is 1. The number of nitrogens with zero attached hydrogens (tertiary/aromatic N) is 1. The first-order valence-corrected chi connectivity index (χ1v) is 9.79. The van der Waals surface area contributed by atoms with Gasteiger partial charge in [0.25, 0.3) is 0 Å². The molecule has 0 bridgehead atoms. The number of nitrogens with one attached hydrogen (secondary N) is 1. The first-order chi connectivity index (χ1) is 14.1. The molecule has 4 rings (SSSR count). The van der Waals surface area contributed by atoms with Crippen LogP contribution in [-0.4, -0.2) is 18.0 Å². The highest BCUT2D eigenvalue weighted by molar-refractivity contribution is 6.01. The molecule has 1 aliphatic carbocycles. The molecule has 150 valence electrons. The summed E-state index contributed by atoms with van der Waals surface area (Å²) >= 11 is 0. The number of carbonyl (C=O) groups excluding carboxylic acids is 1. The lowest BCUT2D eigenvalue weighted by molar-refractivity contribution is -0.118. The Kier molecular flexibility index (Phi) is 5.07. The van der Waals surface area contributed by atoms with Crippen LogP contribution in [0, 0.1) is 6.92 Å². The molecule has 29 heavy (non-hydrogen) atoms. The summed E-state index contributed by atoms with van der Waals surface area (Å²) in [7, 11) is 1.64. The van der Waals surface area contributed by atoms with E-state index in [1.165, 1.54) is 0 Å². The van der Waals surface area contributed by atoms with Crippen molar-refractivity contribution in [1.82, 2.24) is 4.98 Å². The quantitative estimate of drug-likeness (QED) is 0.653. The van der Waals surface area contributed by atoms with Crippen molar-refractivity contribution >= 4 is 11.7 Å². The van der Waals surface area contributed by atoms with Gasteiger partial charge in [0.05, 0.1) is 18.2 Å². The van der Waals surface area contributed by atoms with E-state index in [4.69, 9.17) is 15.5 Å². The molecule has 0 aliphatic heterocycles. The maximum absolute atomic E-state index is 13.1. The standard InChI is InChI=1S/C24H25N3O2.H2/c1-16-6-11-21(26-22(16)18-5-3-4-17(14-18)15-25)27-23(28)24(12-13-24)19-7-9-20(29-2)10-8-19;/h3-11,14H,12-13,15,25H2,1-2H3,(H,26,27,28);1H. The topological polar surface area (TPSA) is 77.2 Å². The second kappa shape index (κ2) is 7.68. The average molecular weight is 389 g/mol. The number of pyridine rings is 1. The number of rotatable bonds is 6. The molecular weight excluding hydrogens is 362 g/mol. The largest absolute Gasteiger partial charge is 0.497 e. The summed E-state index contributed by atoms with van der Waals surface area (Å²) in [5.41, 5.74) is 10.3. The van der Waals surface area contributed by atoms with E-state index in [0.29, 0.717) is 12.4 Å². The van der Waals surface area contributed by atoms with Crippen LogP contribution in [0.3, 0.4) is 0 Å². The van der Waals surface area contributed by atoms with E-state index in [9.17, 15) is 4.79 Å². The molecule has 0 atom stereocenters. The van der Waals surface area contributed by atoms with Crippen molar-refractivity contribution in [2.75, 3.05) is 12.4 Å². The Balaban J connectivity index is 0.00000256. The van der Waals surface area contributed by atoms with E-state index in [1.807, 2.05) is 67.6 Å². The minimum Gasteiger partial charge on any atom is -0.497 e. The number of amides is 1. The Labute approximate surface area is 172 Å². The highest BCUT2D eigenvalue weighted by Gasteiger charge is 2.51. The van der Waals surface area contributed by atoms with Gasteiger partial charge >= 0.3 is 0 Å². The third-order valence-corrected chi connectivity index (χ3v) is 5.60. The predicted octanol–water partition coefficient (Wildman–Crippen LogP) is 4.44. The van der Waals surface area contributed by atoms with Crippen molar-refractivity contribution in [1.29, 1.82) is 0 Å². The first kappa shape index (κ1) is 19.2. The van der Waals surface area contributed by atoms with Gasteiger partial charge in [-0.25, -0.2) is 4.98 Å². The van der Waals surface area contributed by atoms with Gasteiger partial charge < -0.3 is 15.8 Å². The minimum atomic E-state index is -0.474. The molecule has 5 heteroatoms. The van der Waals surface area contributed by atoms with Crippen molar-refractivity contribution in [3.63, 3.8) is 0 Å². The maximum Gasteiger partial charge on any atom is 0.236 e. The predicted molar refractivity (Wildman–Crippen MR) is 117 cm³/mol. The molecule has 0 saturated heterocycles. The van der Waals surface area contributed by atoms with Gasteiger partial charge in [-0.3, -0.25) is 4.79 Å². The van der Waals surface area contributed by atoms with E-state index < -0.39 is 5.41 Å². The van der Waals surface area contributed by atoms with Gasteiger partial charge in [-0.1, -0.05) is 36.4 Å². The van der Waals surface area contributed by atoms with Crippen LogP contribution >= 0.6 is 0 Å². The molecule has 1 aliphatic rings. The van der Waals surface area contributed by atoms with Crippen LogP contribution in [0.2, 0.25) is 0 Å². The van der Waals surface area contributed by atoms with Gasteiger partial charge in [-0.05, 0) is 60.7 Å². The molecule has 3 N–H and O–H groups in total. The molecule has 1 aromatic heterocycles. The average Bonchev–Trinajstić information content (AvgIpc) is 3.57. The number of ether oxygens (including phenoxy) is 1. The van der Waals surface area contributed by atoms with E-state index in [-0.39, 0.29) is 7.33 Å². The molecule has 1 fully saturated rings. The Morgan fingerprint density at radius 3 is 2.59 bits per heavy atom. The van der Waals surface area contributed by atoms with Crippen molar-refractivity contribution in [3.8, 4) is 17.0 Å². The Hall–Kier alpha value is -3.18. The smallest absolute Gasteiger partial charge is 0.236 e. The summed E-state index contributed by atoms with van der Waals surface area (Å²) in [5, 5.41) is 3.03. The Bertz CT molecular complexity index is 1050. The van der Waals surface area contributed by atoms with Gasteiger partial charge in [0.2, 0.25) is 5.91 Å². The van der Waals surface area contributed by atoms with Crippen LogP contribution < -0.4 is 15.8 Å². The van der Waals surface area contributed by atoms with E-state index in [1.54, 1.807) is 7.11 Å². The third kappa shape index (κ3) is 3.74. The second-order valence-electron chi connectivity index (χ2n) is 7.53. The normalized spacial score (nSPS) is 14.3. The van der Waals surface area contributed by atoms with E-state index in [0.717, 1.165) is 46.5 Å². The summed E-state index contributed by atoms with van der Waals surface area (Å²) in [6, 6.07) is 19.6. The van der Waals surface area contributed by atoms with E-state index in [2.05, 4.69) is 5.32 Å². The number of methoxy groups -OCH3 is 1. The van der Waals surface area contributed by atoms with Crippen molar-refractivity contribution in [2.24, 2.45) is 5.73 Å². The lowest BCUT2D eigenvalue weighted by Gasteiger charge is -2.17. The van der Waals surface area contributed by atoms with Gasteiger partial charge in [-0.2, -0.15) is 0 Å². The van der Waals surface area contributed by atoms with Crippen LogP contribution in [0.1, 0.15) is 31.0 Å². The maximum atomic E-state index is 13.1. The number of hydrogen-bond acceptors (Lipinski definition) is 4. The molecule has 1 amide bonds. The molecule has 5 nitrogen and oxygen atoms in total. The fourth-order valence-electron chi connectivity index (χ4n) is 3.65. The summed E-state index contributed by atoms with van der Waals surface area (Å²) in [6.45, 7) is 2.50. The number of hydrogen-bond donors (Lipinski definition) is 2. The third-order valence-electron chi connectivity index (χ3n) is 5.60. The molecular formula is C24H27N3O2. The Morgan fingerprint density at radius 2 is 1.93 bits per heavy atom. The molecule has 3 aromatic rings. The van der Waals surface area contributed by atoms with Gasteiger partial charge in [0.1, 0.15) is 11.6 Å². The summed E-state index contributed by atoms with van der Waals surface area (Å²) in [4.78, 5) is 17.8. The van der Waals surface area contributed by atoms with Crippen LogP contribution in [0.4, 0.5) is 5.82 Å². The zero-order valence-corrected chi connectivity index (χ0v) is 16.7. The molecule has 1 saturated carbocycles. The summed E-state index contributed by atoms with van der Waals surface area (Å²) in [5.74, 6) is 1.34. The lowest BCUT2D eigenvalue weighted by atomic mass is 9.95. The number of aryl methyl sites for hydroxylation is 1. The van der Waals surface area contributed by atoms with Crippen molar-refractivity contribution in [3.05, 3.63) is 77.4 Å². The monoisotopic (exact) mass is 389 g/mol. The number of anilines is 1. The molecule has 0 radical (unpaired) electrons. The Morgan fingerprint density at radius 1 is 1.17 bits per heavy atom. The van der Waals surface area contributed by atoms with E-state index >= 15 is 0 Å². The van der Waals surface area contributed by atoms with Gasteiger partial charge in [0, 0.05) is 13.5 Å². The number of carbonyl (C=O) groups is 1. The number of benzene rings is 2. The number of nitrogens with two attached hydrogens (primary N) is 1. The molecule has 1 heterocycles. The van der Waals surface area contributed by atoms with Gasteiger partial charge in [-0.15, -0.1) is 0 Å². The fourth-order valence-corrected chi connectivity index (χ4v) is 3.65. The van der Waals surface area contributed by atoms with Crippen LogP contribution in [0.25, 0.3) is 11.3 Å². The molecule has 2 aromatic carbocycles. The van der Waals surface area contributed by atoms with Crippen LogP contribution in [-0.2, 0) is 16.8 Å². The van der Waals surface area contributed by atoms with Crippen LogP contribution in [0.15, 0.2) is 60.7 Å². The van der Waals surface area contributed by atoms with Gasteiger partial charge in [0.15, 0.2) is 0 Å². The molecule has 0 unspecified atom stereocenters. The summed E-state index contributed by atoms with van der Waals surface area (Å²) < 4.78 is 5.22. The summed E-state index contributed by atoms with van der Waals surface area (Å²) in [6.07, 6.45) is 1.67. The fraction of sp³-hybridized carbons (Fsp3) is 0.250. The first-order valence-electron chi connectivity index (χ1n) is 9.79. The second-order valence-corrected chi connectivity index (χ2v) is 7.53. The van der Waals surface area contributed by atoms with Crippen molar-refractivity contribution < 1.29 is 11.0 Å². The highest BCUT2D eigenvalue weighted by Crippen LogP contribution is 2.49. The molecule has 0 spiro atoms. The van der Waals surface area contributed by atoms with Crippen molar-refractivity contribution in [2.45, 2.75) is 31.7 Å². The minimum absolute atomic E-state index is 0. The zero-order valence-electron chi connectivity index (χ0n) is 16.7. The lowest BCUT2D eigenvalue weighted by Crippen LogP contribution is -2.28. The highest BCUT2D eigenvalue weighted by atomic mass is 16.5. The SMILES string of the molecule is COc1ccc(C2(C(=O)Nc3ccc(C)c(-c4cccc(CN)c4)n3)CC2)cc1.[HH].